The van der Waals surface area contributed by atoms with Crippen molar-refractivity contribution < 1.29 is 13.2 Å². The Labute approximate surface area is 153 Å². The smallest absolute Gasteiger partial charge is 0.274 e. The Bertz CT molecular complexity index is 926. The van der Waals surface area contributed by atoms with Gasteiger partial charge in [0.25, 0.3) is 5.91 Å². The van der Waals surface area contributed by atoms with Crippen LogP contribution >= 0.6 is 0 Å². The number of amides is 1. The molecule has 0 spiro atoms. The molecule has 1 atom stereocenters. The van der Waals surface area contributed by atoms with E-state index in [1.54, 1.807) is 7.05 Å². The van der Waals surface area contributed by atoms with Gasteiger partial charge in [0.05, 0.1) is 23.9 Å². The zero-order valence-corrected chi connectivity index (χ0v) is 15.9. The largest absolute Gasteiger partial charge is 0.339 e. The first-order chi connectivity index (χ1) is 12.2. The molecule has 138 valence electrons. The summed E-state index contributed by atoms with van der Waals surface area (Å²) < 4.78 is 23.2. The first-order valence-corrected chi connectivity index (χ1v) is 10.2. The van der Waals surface area contributed by atoms with Crippen LogP contribution in [0, 0.1) is 13.8 Å². The predicted molar refractivity (Wildman–Crippen MR) is 100 cm³/mol. The normalized spacial score (nSPS) is 18.5. The monoisotopic (exact) mass is 374 g/mol. The molecule has 3 rings (SSSR count). The van der Waals surface area contributed by atoms with Crippen LogP contribution in [0.4, 0.5) is 11.5 Å². The summed E-state index contributed by atoms with van der Waals surface area (Å²) >= 11 is 0. The van der Waals surface area contributed by atoms with Crippen molar-refractivity contribution in [3.05, 3.63) is 47.4 Å². The van der Waals surface area contributed by atoms with Crippen LogP contribution in [-0.2, 0) is 9.84 Å². The molecule has 1 aromatic carbocycles. The fraction of sp³-hybridized carbons (Fsp3) is 0.389. The van der Waals surface area contributed by atoms with Crippen molar-refractivity contribution in [3.8, 4) is 0 Å². The molecule has 2 heterocycles. The Kier molecular flexibility index (Phi) is 4.95. The molecule has 0 radical (unpaired) electrons. The van der Waals surface area contributed by atoms with E-state index in [0.717, 1.165) is 16.8 Å². The first kappa shape index (κ1) is 18.3. The van der Waals surface area contributed by atoms with Crippen molar-refractivity contribution in [2.24, 2.45) is 0 Å². The SMILES string of the molecule is Cc1ccc(C)c(Nc2cnc(C(=O)N(C)C3CCS(=O)(=O)C3)cn2)c1. The Hall–Kier alpha value is -2.48. The molecule has 8 heteroatoms. The quantitative estimate of drug-likeness (QED) is 0.881. The average Bonchev–Trinajstić information content (AvgIpc) is 2.97. The maximum absolute atomic E-state index is 12.5. The summed E-state index contributed by atoms with van der Waals surface area (Å²) in [5, 5.41) is 3.20. The number of nitrogens with zero attached hydrogens (tertiary/aromatic N) is 3. The van der Waals surface area contributed by atoms with E-state index in [9.17, 15) is 13.2 Å². The third-order valence-electron chi connectivity index (χ3n) is 4.60. The Morgan fingerprint density at radius 3 is 2.62 bits per heavy atom. The van der Waals surface area contributed by atoms with Crippen LogP contribution in [0.2, 0.25) is 0 Å². The number of carbonyl (C=O) groups excluding carboxylic acids is 1. The molecule has 1 saturated heterocycles. The van der Waals surface area contributed by atoms with Crippen LogP contribution < -0.4 is 5.32 Å². The number of carbonyl (C=O) groups is 1. The predicted octanol–water partition coefficient (Wildman–Crippen LogP) is 2.10. The molecule has 1 aliphatic heterocycles. The highest BCUT2D eigenvalue weighted by Gasteiger charge is 2.33. The maximum atomic E-state index is 12.5. The highest BCUT2D eigenvalue weighted by molar-refractivity contribution is 7.91. The van der Waals surface area contributed by atoms with Crippen molar-refractivity contribution >= 4 is 27.2 Å². The second-order valence-electron chi connectivity index (χ2n) is 6.70. The van der Waals surface area contributed by atoms with Crippen LogP contribution in [-0.4, -0.2) is 53.8 Å². The van der Waals surface area contributed by atoms with Gasteiger partial charge in [-0.15, -0.1) is 0 Å². The van der Waals surface area contributed by atoms with Crippen LogP contribution in [0.3, 0.4) is 0 Å². The van der Waals surface area contributed by atoms with Crippen LogP contribution in [0.5, 0.6) is 0 Å². The summed E-state index contributed by atoms with van der Waals surface area (Å²) in [6.45, 7) is 4.01. The van der Waals surface area contributed by atoms with Crippen molar-refractivity contribution in [2.75, 3.05) is 23.9 Å². The van der Waals surface area contributed by atoms with Gasteiger partial charge in [-0.2, -0.15) is 0 Å². The number of aromatic nitrogens is 2. The molecule has 1 aliphatic rings. The third-order valence-corrected chi connectivity index (χ3v) is 6.35. The fourth-order valence-electron chi connectivity index (χ4n) is 2.94. The second kappa shape index (κ2) is 7.03. The van der Waals surface area contributed by atoms with Crippen molar-refractivity contribution in [1.82, 2.24) is 14.9 Å². The molecule has 1 fully saturated rings. The summed E-state index contributed by atoms with van der Waals surface area (Å²) in [6, 6.07) is 5.77. The standard InChI is InChI=1S/C18H22N4O3S/c1-12-4-5-13(2)15(8-12)21-17-10-19-16(9-20-17)18(23)22(3)14-6-7-26(24,25)11-14/h4-5,8-10,14H,6-7,11H2,1-3H3,(H,20,21). The number of nitrogens with one attached hydrogen (secondary N) is 1. The van der Waals surface area contributed by atoms with Gasteiger partial charge in [-0.3, -0.25) is 4.79 Å². The highest BCUT2D eigenvalue weighted by Crippen LogP contribution is 2.21. The molecule has 1 N–H and O–H groups in total. The molecule has 1 unspecified atom stereocenters. The number of hydrogen-bond acceptors (Lipinski definition) is 6. The van der Waals surface area contributed by atoms with E-state index in [1.165, 1.54) is 17.3 Å². The molecule has 1 aromatic heterocycles. The molecule has 2 aromatic rings. The van der Waals surface area contributed by atoms with E-state index < -0.39 is 9.84 Å². The number of rotatable bonds is 4. The number of aryl methyl sites for hydroxylation is 2. The summed E-state index contributed by atoms with van der Waals surface area (Å²) in [5.74, 6) is 0.355. The lowest BCUT2D eigenvalue weighted by atomic mass is 10.1. The summed E-state index contributed by atoms with van der Waals surface area (Å²) in [5.41, 5.74) is 3.35. The summed E-state index contributed by atoms with van der Waals surface area (Å²) in [7, 11) is -1.44. The fourth-order valence-corrected chi connectivity index (χ4v) is 4.71. The van der Waals surface area contributed by atoms with E-state index >= 15 is 0 Å². The van der Waals surface area contributed by atoms with Gasteiger partial charge in [-0.1, -0.05) is 12.1 Å². The molecule has 26 heavy (non-hydrogen) atoms. The lowest BCUT2D eigenvalue weighted by Crippen LogP contribution is -2.38. The van der Waals surface area contributed by atoms with Crippen LogP contribution in [0.25, 0.3) is 0 Å². The molecular formula is C18H22N4O3S. The molecule has 0 bridgehead atoms. The number of anilines is 2. The molecule has 0 aliphatic carbocycles. The van der Waals surface area contributed by atoms with E-state index in [4.69, 9.17) is 0 Å². The van der Waals surface area contributed by atoms with Crippen molar-refractivity contribution in [1.29, 1.82) is 0 Å². The van der Waals surface area contributed by atoms with Crippen molar-refractivity contribution in [3.63, 3.8) is 0 Å². The topological polar surface area (TPSA) is 92.3 Å². The lowest BCUT2D eigenvalue weighted by Gasteiger charge is -2.22. The minimum Gasteiger partial charge on any atom is -0.339 e. The van der Waals surface area contributed by atoms with E-state index in [1.807, 2.05) is 32.0 Å². The van der Waals surface area contributed by atoms with Gasteiger partial charge in [-0.25, -0.2) is 18.4 Å². The van der Waals surface area contributed by atoms with Crippen molar-refractivity contribution in [2.45, 2.75) is 26.3 Å². The van der Waals surface area contributed by atoms with E-state index in [-0.39, 0.29) is 29.1 Å². The molecule has 1 amide bonds. The summed E-state index contributed by atoms with van der Waals surface area (Å²) in [4.78, 5) is 22.4. The van der Waals surface area contributed by atoms with E-state index in [0.29, 0.717) is 12.2 Å². The number of hydrogen-bond donors (Lipinski definition) is 1. The zero-order valence-electron chi connectivity index (χ0n) is 15.1. The maximum Gasteiger partial charge on any atom is 0.274 e. The first-order valence-electron chi connectivity index (χ1n) is 8.39. The molecule has 0 saturated carbocycles. The van der Waals surface area contributed by atoms with E-state index in [2.05, 4.69) is 15.3 Å². The zero-order chi connectivity index (χ0) is 18.9. The van der Waals surface area contributed by atoms with Gasteiger partial charge in [0.15, 0.2) is 9.84 Å². The van der Waals surface area contributed by atoms with Gasteiger partial charge in [-0.05, 0) is 37.5 Å². The minimum atomic E-state index is -3.05. The lowest BCUT2D eigenvalue weighted by molar-refractivity contribution is 0.0741. The summed E-state index contributed by atoms with van der Waals surface area (Å²) in [6.07, 6.45) is 3.38. The second-order valence-corrected chi connectivity index (χ2v) is 8.93. The number of sulfone groups is 1. The number of benzene rings is 1. The minimum absolute atomic E-state index is 0.00887. The molecule has 7 nitrogen and oxygen atoms in total. The van der Waals surface area contributed by atoms with Crippen LogP contribution in [0.1, 0.15) is 28.0 Å². The van der Waals surface area contributed by atoms with Gasteiger partial charge in [0.2, 0.25) is 0 Å². The Morgan fingerprint density at radius 1 is 1.23 bits per heavy atom. The van der Waals surface area contributed by atoms with Gasteiger partial charge >= 0.3 is 0 Å². The van der Waals surface area contributed by atoms with Gasteiger partial charge in [0, 0.05) is 18.8 Å². The molecular weight excluding hydrogens is 352 g/mol. The third kappa shape index (κ3) is 4.01. The highest BCUT2D eigenvalue weighted by atomic mass is 32.2. The van der Waals surface area contributed by atoms with Gasteiger partial charge < -0.3 is 10.2 Å². The van der Waals surface area contributed by atoms with Gasteiger partial charge in [0.1, 0.15) is 11.5 Å². The average molecular weight is 374 g/mol. The Balaban J connectivity index is 1.71. The Morgan fingerprint density at radius 2 is 2.00 bits per heavy atom. The van der Waals surface area contributed by atoms with Crippen LogP contribution in [0.15, 0.2) is 30.6 Å².